The number of benzene rings is 1. The van der Waals surface area contributed by atoms with Crippen LogP contribution in [0.25, 0.3) is 10.4 Å². The van der Waals surface area contributed by atoms with Crippen molar-refractivity contribution in [3.63, 3.8) is 0 Å². The summed E-state index contributed by atoms with van der Waals surface area (Å²) in [4.78, 5) is 35.2. The largest absolute Gasteiger partial charge is 0.451 e. The van der Waals surface area contributed by atoms with Gasteiger partial charge in [-0.05, 0) is 29.8 Å². The second-order valence-electron chi connectivity index (χ2n) is 4.37. The Morgan fingerprint density at radius 3 is 2.48 bits per heavy atom. The SMILES string of the molecule is CNC(=O)NC(=O)COC(=O)c1ccc(-c2ccc(F)cc2)s1. The Morgan fingerprint density at radius 1 is 1.13 bits per heavy atom. The molecule has 0 fully saturated rings. The molecule has 0 unspecified atom stereocenters. The number of carbonyl (C=O) groups excluding carboxylic acids is 3. The summed E-state index contributed by atoms with van der Waals surface area (Å²) in [6.45, 7) is -0.559. The molecular weight excluding hydrogens is 323 g/mol. The van der Waals surface area contributed by atoms with Crippen molar-refractivity contribution in [3.05, 3.63) is 47.1 Å². The van der Waals surface area contributed by atoms with Crippen molar-refractivity contribution in [3.8, 4) is 10.4 Å². The zero-order chi connectivity index (χ0) is 16.8. The molecule has 2 aromatic rings. The lowest BCUT2D eigenvalue weighted by Crippen LogP contribution is -2.39. The molecule has 1 heterocycles. The Hall–Kier alpha value is -2.74. The number of hydrogen-bond acceptors (Lipinski definition) is 5. The fourth-order valence-electron chi connectivity index (χ4n) is 1.64. The summed E-state index contributed by atoms with van der Waals surface area (Å²) in [5, 5.41) is 4.18. The standard InChI is InChI=1S/C15H13FN2O4S/c1-17-15(21)18-13(19)8-22-14(20)12-7-6-11(23-12)9-2-4-10(16)5-3-9/h2-7H,8H2,1H3,(H2,17,18,19,21). The number of rotatable bonds is 4. The summed E-state index contributed by atoms with van der Waals surface area (Å²) in [5.74, 6) is -1.74. The quantitative estimate of drug-likeness (QED) is 0.838. The van der Waals surface area contributed by atoms with Crippen LogP contribution in [-0.4, -0.2) is 31.6 Å². The average molecular weight is 336 g/mol. The van der Waals surface area contributed by atoms with E-state index in [9.17, 15) is 18.8 Å². The first kappa shape index (κ1) is 16.6. The summed E-state index contributed by atoms with van der Waals surface area (Å²) in [6.07, 6.45) is 0. The monoisotopic (exact) mass is 336 g/mol. The Labute approximate surface area is 135 Å². The molecular formula is C15H13FN2O4S. The molecule has 0 aliphatic heterocycles. The minimum atomic E-state index is -0.729. The van der Waals surface area contributed by atoms with Gasteiger partial charge in [0.05, 0.1) is 0 Å². The number of urea groups is 1. The summed E-state index contributed by atoms with van der Waals surface area (Å²) in [5.41, 5.74) is 0.771. The maximum atomic E-state index is 12.9. The van der Waals surface area contributed by atoms with Crippen LogP contribution in [0.1, 0.15) is 9.67 Å². The lowest BCUT2D eigenvalue weighted by molar-refractivity contribution is -0.123. The molecule has 1 aromatic heterocycles. The van der Waals surface area contributed by atoms with E-state index in [2.05, 4.69) is 5.32 Å². The van der Waals surface area contributed by atoms with Gasteiger partial charge < -0.3 is 10.1 Å². The van der Waals surface area contributed by atoms with Crippen molar-refractivity contribution < 1.29 is 23.5 Å². The third kappa shape index (κ3) is 4.62. The van der Waals surface area contributed by atoms with Gasteiger partial charge in [0.1, 0.15) is 10.7 Å². The normalized spacial score (nSPS) is 10.0. The molecule has 120 valence electrons. The van der Waals surface area contributed by atoms with Crippen LogP contribution in [0.2, 0.25) is 0 Å². The van der Waals surface area contributed by atoms with Crippen molar-refractivity contribution >= 4 is 29.2 Å². The van der Waals surface area contributed by atoms with Crippen LogP contribution >= 0.6 is 11.3 Å². The summed E-state index contributed by atoms with van der Waals surface area (Å²) >= 11 is 1.16. The highest BCUT2D eigenvalue weighted by Crippen LogP contribution is 2.28. The van der Waals surface area contributed by atoms with Gasteiger partial charge in [-0.15, -0.1) is 11.3 Å². The smallest absolute Gasteiger partial charge is 0.348 e. The number of halogens is 1. The first-order valence-electron chi connectivity index (χ1n) is 6.54. The molecule has 0 atom stereocenters. The second kappa shape index (κ2) is 7.50. The molecule has 6 nitrogen and oxygen atoms in total. The van der Waals surface area contributed by atoms with E-state index in [1.165, 1.54) is 19.2 Å². The Bertz CT molecular complexity index is 727. The highest BCUT2D eigenvalue weighted by Gasteiger charge is 2.14. The Kier molecular flexibility index (Phi) is 5.42. The van der Waals surface area contributed by atoms with Gasteiger partial charge in [-0.25, -0.2) is 14.0 Å². The molecule has 0 spiro atoms. The highest BCUT2D eigenvalue weighted by molar-refractivity contribution is 7.17. The summed E-state index contributed by atoms with van der Waals surface area (Å²) in [6, 6.07) is 8.45. The number of esters is 1. The maximum absolute atomic E-state index is 12.9. The molecule has 1 aromatic carbocycles. The number of imide groups is 1. The van der Waals surface area contributed by atoms with Gasteiger partial charge in [0, 0.05) is 11.9 Å². The number of ether oxygens (including phenoxy) is 1. The van der Waals surface area contributed by atoms with Crippen LogP contribution in [0.15, 0.2) is 36.4 Å². The van der Waals surface area contributed by atoms with Crippen LogP contribution < -0.4 is 10.6 Å². The molecule has 0 saturated carbocycles. The van der Waals surface area contributed by atoms with Crippen LogP contribution in [0.3, 0.4) is 0 Å². The van der Waals surface area contributed by atoms with E-state index in [0.717, 1.165) is 21.8 Å². The predicted molar refractivity (Wildman–Crippen MR) is 82.6 cm³/mol. The molecule has 3 amide bonds. The minimum absolute atomic E-state index is 0.303. The van der Waals surface area contributed by atoms with Crippen molar-refractivity contribution in [2.75, 3.05) is 13.7 Å². The van der Waals surface area contributed by atoms with Gasteiger partial charge in [-0.2, -0.15) is 0 Å². The van der Waals surface area contributed by atoms with Gasteiger partial charge in [0.25, 0.3) is 5.91 Å². The molecule has 23 heavy (non-hydrogen) atoms. The van der Waals surface area contributed by atoms with E-state index in [-0.39, 0.29) is 5.82 Å². The third-order valence-corrected chi connectivity index (χ3v) is 3.86. The second-order valence-corrected chi connectivity index (χ2v) is 5.46. The van der Waals surface area contributed by atoms with Crippen LogP contribution in [0.4, 0.5) is 9.18 Å². The zero-order valence-corrected chi connectivity index (χ0v) is 12.9. The lowest BCUT2D eigenvalue weighted by Gasteiger charge is -2.04. The van der Waals surface area contributed by atoms with Crippen LogP contribution in [-0.2, 0) is 9.53 Å². The first-order valence-corrected chi connectivity index (χ1v) is 7.35. The zero-order valence-electron chi connectivity index (χ0n) is 12.1. The minimum Gasteiger partial charge on any atom is -0.451 e. The fourth-order valence-corrected chi connectivity index (χ4v) is 2.55. The van der Waals surface area contributed by atoms with Gasteiger partial charge in [-0.3, -0.25) is 10.1 Å². The summed E-state index contributed by atoms with van der Waals surface area (Å²) in [7, 11) is 1.36. The number of carbonyl (C=O) groups is 3. The molecule has 8 heteroatoms. The number of hydrogen-bond donors (Lipinski definition) is 2. The van der Waals surface area contributed by atoms with E-state index >= 15 is 0 Å². The van der Waals surface area contributed by atoms with Crippen LogP contribution in [0, 0.1) is 5.82 Å². The molecule has 0 aliphatic rings. The average Bonchev–Trinajstić information content (AvgIpc) is 3.03. The molecule has 0 radical (unpaired) electrons. The van der Waals surface area contributed by atoms with E-state index in [1.54, 1.807) is 24.3 Å². The first-order chi connectivity index (χ1) is 11.0. The van der Waals surface area contributed by atoms with Gasteiger partial charge in [0.15, 0.2) is 6.61 Å². The van der Waals surface area contributed by atoms with Crippen molar-refractivity contribution in [1.82, 2.24) is 10.6 Å². The Morgan fingerprint density at radius 2 is 1.83 bits per heavy atom. The molecule has 0 aliphatic carbocycles. The van der Waals surface area contributed by atoms with E-state index < -0.39 is 24.5 Å². The lowest BCUT2D eigenvalue weighted by atomic mass is 10.2. The summed E-state index contributed by atoms with van der Waals surface area (Å²) < 4.78 is 17.7. The van der Waals surface area contributed by atoms with Gasteiger partial charge in [-0.1, -0.05) is 12.1 Å². The van der Waals surface area contributed by atoms with Crippen molar-refractivity contribution in [1.29, 1.82) is 0 Å². The van der Waals surface area contributed by atoms with Crippen molar-refractivity contribution in [2.24, 2.45) is 0 Å². The third-order valence-electron chi connectivity index (χ3n) is 2.75. The highest BCUT2D eigenvalue weighted by atomic mass is 32.1. The fraction of sp³-hybridized carbons (Fsp3) is 0.133. The van der Waals surface area contributed by atoms with Gasteiger partial charge >= 0.3 is 12.0 Å². The van der Waals surface area contributed by atoms with Crippen LogP contribution in [0.5, 0.6) is 0 Å². The van der Waals surface area contributed by atoms with Gasteiger partial charge in [0.2, 0.25) is 0 Å². The predicted octanol–water partition coefficient (Wildman–Crippen LogP) is 2.17. The molecule has 2 N–H and O–H groups in total. The van der Waals surface area contributed by atoms with E-state index in [0.29, 0.717) is 4.88 Å². The maximum Gasteiger partial charge on any atom is 0.348 e. The molecule has 2 rings (SSSR count). The Balaban J connectivity index is 1.95. The number of thiophene rings is 1. The number of amides is 3. The molecule has 0 bridgehead atoms. The number of nitrogens with one attached hydrogen (secondary N) is 2. The van der Waals surface area contributed by atoms with E-state index in [1.807, 2.05) is 5.32 Å². The van der Waals surface area contributed by atoms with Crippen molar-refractivity contribution in [2.45, 2.75) is 0 Å². The van der Waals surface area contributed by atoms with E-state index in [4.69, 9.17) is 4.74 Å². The topological polar surface area (TPSA) is 84.5 Å². The molecule has 0 saturated heterocycles.